The Hall–Kier alpha value is -4.54. The normalized spacial score (nSPS) is 16.2. The Balaban J connectivity index is 1.14. The summed E-state index contributed by atoms with van der Waals surface area (Å²) < 4.78 is 13.6. The number of nitrogens with zero attached hydrogens (tertiary/aromatic N) is 1. The highest BCUT2D eigenvalue weighted by Gasteiger charge is 2.33. The Morgan fingerprint density at radius 2 is 1.25 bits per heavy atom. The Bertz CT molecular complexity index is 1900. The molecule has 4 aromatic carbocycles. The molecule has 1 aliphatic rings. The molecule has 0 saturated carbocycles. The third-order valence-corrected chi connectivity index (χ3v) is 12.5. The van der Waals surface area contributed by atoms with Crippen LogP contribution >= 0.6 is 0 Å². The third-order valence-electron chi connectivity index (χ3n) is 12.5. The van der Waals surface area contributed by atoms with Crippen LogP contribution in [-0.2, 0) is 32.2 Å². The SMILES string of the molecule is CCCCCCCCN(CCCCCCCC)C[C@H]1C[C@@H](c2ccc(CO)cc2)O[C@@H](c2ccc(-c3cccc(CNC(=O)CCCCCCC(=O)Nc4ccccc4N)c3)cc2)O1. The number of unbranched alkanes of at least 4 members (excludes halogenated alkanes) is 13. The number of rotatable bonds is 30. The minimum absolute atomic E-state index is 0.0205. The van der Waals surface area contributed by atoms with E-state index >= 15 is 0 Å². The van der Waals surface area contributed by atoms with E-state index in [9.17, 15) is 14.7 Å². The van der Waals surface area contributed by atoms with Crippen molar-refractivity contribution in [2.24, 2.45) is 0 Å². The minimum atomic E-state index is -0.499. The Kier molecular flexibility index (Phi) is 22.9. The van der Waals surface area contributed by atoms with Crippen molar-refractivity contribution in [1.82, 2.24) is 10.2 Å². The smallest absolute Gasteiger partial charge is 0.224 e. The molecule has 1 fully saturated rings. The average Bonchev–Trinajstić information content (AvgIpc) is 3.32. The van der Waals surface area contributed by atoms with Crippen molar-refractivity contribution >= 4 is 23.2 Å². The van der Waals surface area contributed by atoms with Crippen molar-refractivity contribution in [1.29, 1.82) is 0 Å². The molecule has 4 aromatic rings. The first kappa shape index (κ1) is 50.5. The largest absolute Gasteiger partial charge is 0.397 e. The topological polar surface area (TPSA) is 126 Å². The molecular weight excluding hydrogens is 797 g/mol. The first-order valence-electron chi connectivity index (χ1n) is 24.7. The van der Waals surface area contributed by atoms with E-state index in [1.807, 2.05) is 36.4 Å². The second-order valence-electron chi connectivity index (χ2n) is 17.8. The van der Waals surface area contributed by atoms with Gasteiger partial charge in [-0.05, 0) is 84.8 Å². The molecule has 0 aliphatic carbocycles. The summed E-state index contributed by atoms with van der Waals surface area (Å²) in [6, 6.07) is 32.3. The molecule has 1 aliphatic heterocycles. The summed E-state index contributed by atoms with van der Waals surface area (Å²) in [5, 5.41) is 15.7. The van der Waals surface area contributed by atoms with Crippen LogP contribution in [0, 0.1) is 0 Å². The molecule has 348 valence electrons. The number of hydrogen-bond donors (Lipinski definition) is 4. The summed E-state index contributed by atoms with van der Waals surface area (Å²) in [7, 11) is 0. The van der Waals surface area contributed by atoms with Crippen molar-refractivity contribution < 1.29 is 24.2 Å². The highest BCUT2D eigenvalue weighted by Crippen LogP contribution is 2.39. The first-order valence-corrected chi connectivity index (χ1v) is 24.7. The van der Waals surface area contributed by atoms with Crippen LogP contribution in [-0.4, -0.2) is 47.6 Å². The molecule has 5 rings (SSSR count). The number of benzene rings is 4. The average molecular weight is 875 g/mol. The molecule has 3 atom stereocenters. The standard InChI is InChI=1S/C55H78N4O5/c1-3-5-7-9-13-19-36-59(37-20-14-10-8-6-4-2)41-49-39-52(46-30-28-43(42-60)29-31-46)64-55(63-49)47-34-32-45(33-35-47)48-23-21-22-44(38-48)40-57-53(61)26-15-11-12-16-27-54(62)58-51-25-18-17-24-50(51)56/h17-18,21-25,28-35,38,49,52,55,60H,3-16,19-20,26-27,36-37,39-42,56H2,1-2H3,(H,57,61)(H,58,62)/t49-,52+,55+/m1/s1. The lowest BCUT2D eigenvalue weighted by Crippen LogP contribution is -2.40. The van der Waals surface area contributed by atoms with Crippen LogP contribution in [0.1, 0.15) is 170 Å². The van der Waals surface area contributed by atoms with Gasteiger partial charge in [-0.1, -0.05) is 170 Å². The summed E-state index contributed by atoms with van der Waals surface area (Å²) >= 11 is 0. The van der Waals surface area contributed by atoms with Gasteiger partial charge in [0.25, 0.3) is 0 Å². The zero-order valence-corrected chi connectivity index (χ0v) is 39.0. The molecule has 2 amide bonds. The summed E-state index contributed by atoms with van der Waals surface area (Å²) in [5.74, 6) is -0.00596. The molecule has 1 heterocycles. The summed E-state index contributed by atoms with van der Waals surface area (Å²) in [4.78, 5) is 27.7. The molecule has 5 N–H and O–H groups in total. The maximum Gasteiger partial charge on any atom is 0.224 e. The third kappa shape index (κ3) is 18.1. The predicted molar refractivity (Wildman–Crippen MR) is 263 cm³/mol. The van der Waals surface area contributed by atoms with E-state index in [4.69, 9.17) is 15.2 Å². The van der Waals surface area contributed by atoms with Crippen LogP contribution in [0.2, 0.25) is 0 Å². The monoisotopic (exact) mass is 875 g/mol. The van der Waals surface area contributed by atoms with Crippen molar-refractivity contribution in [3.8, 4) is 11.1 Å². The van der Waals surface area contributed by atoms with Gasteiger partial charge in [0.2, 0.25) is 11.8 Å². The fourth-order valence-electron chi connectivity index (χ4n) is 8.58. The first-order chi connectivity index (χ1) is 31.3. The quantitative estimate of drug-likeness (QED) is 0.0304. The van der Waals surface area contributed by atoms with Gasteiger partial charge in [-0.15, -0.1) is 0 Å². The number of anilines is 2. The predicted octanol–water partition coefficient (Wildman–Crippen LogP) is 12.6. The van der Waals surface area contributed by atoms with Crippen molar-refractivity contribution in [2.45, 2.75) is 167 Å². The van der Waals surface area contributed by atoms with Gasteiger partial charge in [-0.3, -0.25) is 9.59 Å². The Labute approximate surface area is 384 Å². The van der Waals surface area contributed by atoms with Crippen LogP contribution < -0.4 is 16.4 Å². The number of para-hydroxylation sites is 2. The van der Waals surface area contributed by atoms with E-state index in [0.717, 1.165) is 85.1 Å². The number of carbonyl (C=O) groups excluding carboxylic acids is 2. The lowest BCUT2D eigenvalue weighted by atomic mass is 9.98. The maximum atomic E-state index is 12.7. The van der Waals surface area contributed by atoms with E-state index in [2.05, 4.69) is 77.9 Å². The fourth-order valence-corrected chi connectivity index (χ4v) is 8.58. The Morgan fingerprint density at radius 1 is 0.641 bits per heavy atom. The lowest BCUT2D eigenvalue weighted by Gasteiger charge is -2.38. The van der Waals surface area contributed by atoms with Crippen LogP contribution in [0.5, 0.6) is 0 Å². The second kappa shape index (κ2) is 29.1. The van der Waals surface area contributed by atoms with Gasteiger partial charge in [-0.2, -0.15) is 0 Å². The van der Waals surface area contributed by atoms with E-state index in [1.54, 1.807) is 12.1 Å². The number of aliphatic hydroxyl groups is 1. The molecule has 0 unspecified atom stereocenters. The van der Waals surface area contributed by atoms with E-state index < -0.39 is 6.29 Å². The molecule has 0 bridgehead atoms. The van der Waals surface area contributed by atoms with Gasteiger partial charge in [0.05, 0.1) is 30.2 Å². The molecular formula is C55H78N4O5. The van der Waals surface area contributed by atoms with Crippen LogP contribution in [0.3, 0.4) is 0 Å². The molecule has 9 nitrogen and oxygen atoms in total. The number of nitrogens with one attached hydrogen (secondary N) is 2. The van der Waals surface area contributed by atoms with Crippen LogP contribution in [0.25, 0.3) is 11.1 Å². The highest BCUT2D eigenvalue weighted by atomic mass is 16.7. The number of aliphatic hydroxyl groups excluding tert-OH is 1. The van der Waals surface area contributed by atoms with E-state index in [-0.39, 0.29) is 30.6 Å². The van der Waals surface area contributed by atoms with Crippen molar-refractivity contribution in [2.75, 3.05) is 30.7 Å². The fraction of sp³-hybridized carbons (Fsp3) is 0.527. The lowest BCUT2D eigenvalue weighted by molar-refractivity contribution is -0.253. The van der Waals surface area contributed by atoms with Crippen LogP contribution in [0.4, 0.5) is 11.4 Å². The highest BCUT2D eigenvalue weighted by molar-refractivity contribution is 5.93. The molecule has 0 radical (unpaired) electrons. The van der Waals surface area contributed by atoms with Crippen molar-refractivity contribution in [3.05, 3.63) is 119 Å². The number of hydrogen-bond acceptors (Lipinski definition) is 7. The minimum Gasteiger partial charge on any atom is -0.397 e. The second-order valence-corrected chi connectivity index (χ2v) is 17.8. The van der Waals surface area contributed by atoms with Gasteiger partial charge in [0.1, 0.15) is 0 Å². The van der Waals surface area contributed by atoms with Gasteiger partial charge in [0.15, 0.2) is 6.29 Å². The van der Waals surface area contributed by atoms with Crippen LogP contribution in [0.15, 0.2) is 97.1 Å². The molecule has 0 aromatic heterocycles. The van der Waals surface area contributed by atoms with Gasteiger partial charge >= 0.3 is 0 Å². The van der Waals surface area contributed by atoms with E-state index in [1.165, 1.54) is 77.0 Å². The van der Waals surface area contributed by atoms with Gasteiger partial charge in [-0.25, -0.2) is 0 Å². The zero-order valence-electron chi connectivity index (χ0n) is 39.0. The summed E-state index contributed by atoms with van der Waals surface area (Å²) in [5.41, 5.74) is 13.4. The molecule has 1 saturated heterocycles. The number of carbonyl (C=O) groups is 2. The number of ether oxygens (including phenoxy) is 2. The Morgan fingerprint density at radius 3 is 1.91 bits per heavy atom. The molecule has 64 heavy (non-hydrogen) atoms. The summed E-state index contributed by atoms with van der Waals surface area (Å²) in [6.45, 7) is 8.15. The van der Waals surface area contributed by atoms with Gasteiger partial charge in [0, 0.05) is 37.9 Å². The molecule has 0 spiro atoms. The number of amides is 2. The number of nitrogen functional groups attached to an aromatic ring is 1. The number of nitrogens with two attached hydrogens (primary N) is 1. The van der Waals surface area contributed by atoms with Crippen molar-refractivity contribution in [3.63, 3.8) is 0 Å². The zero-order chi connectivity index (χ0) is 45.2. The maximum absolute atomic E-state index is 12.7. The molecule has 9 heteroatoms. The van der Waals surface area contributed by atoms with Gasteiger partial charge < -0.3 is 35.8 Å². The van der Waals surface area contributed by atoms with E-state index in [0.29, 0.717) is 30.8 Å². The summed E-state index contributed by atoms with van der Waals surface area (Å²) in [6.07, 6.45) is 19.9.